The predicted octanol–water partition coefficient (Wildman–Crippen LogP) is 4.05. The minimum Gasteiger partial charge on any atom is -0.444 e. The van der Waals surface area contributed by atoms with Crippen LogP contribution in [-0.2, 0) is 4.74 Å². The van der Waals surface area contributed by atoms with Gasteiger partial charge in [0.15, 0.2) is 0 Å². The second-order valence-corrected chi connectivity index (χ2v) is 8.01. The van der Waals surface area contributed by atoms with Gasteiger partial charge in [0, 0.05) is 19.1 Å². The van der Waals surface area contributed by atoms with Crippen LogP contribution in [0.3, 0.4) is 0 Å². The average Bonchev–Trinajstić information content (AvgIpc) is 2.86. The maximum absolute atomic E-state index is 12.2. The van der Waals surface area contributed by atoms with Gasteiger partial charge in [0.2, 0.25) is 0 Å². The monoisotopic (exact) mass is 312 g/mol. The average molecular weight is 312 g/mol. The van der Waals surface area contributed by atoms with Gasteiger partial charge < -0.3 is 15.0 Å². The molecule has 0 spiro atoms. The van der Waals surface area contributed by atoms with Crippen molar-refractivity contribution in [3.63, 3.8) is 0 Å². The zero-order valence-corrected chi connectivity index (χ0v) is 15.4. The number of carbonyl (C=O) groups excluding carboxylic acids is 1. The molecule has 130 valence electrons. The van der Waals surface area contributed by atoms with Crippen LogP contribution >= 0.6 is 0 Å². The Kier molecular flexibility index (Phi) is 7.67. The van der Waals surface area contributed by atoms with Gasteiger partial charge >= 0.3 is 6.09 Å². The van der Waals surface area contributed by atoms with Crippen LogP contribution in [-0.4, -0.2) is 42.3 Å². The second-order valence-electron chi connectivity index (χ2n) is 8.01. The summed E-state index contributed by atoms with van der Waals surface area (Å²) in [5.41, 5.74) is -0.410. The number of likely N-dealkylation sites (tertiary alicyclic amines) is 1. The van der Waals surface area contributed by atoms with Crippen molar-refractivity contribution < 1.29 is 9.53 Å². The van der Waals surface area contributed by atoms with Gasteiger partial charge in [0.1, 0.15) is 5.60 Å². The molecule has 0 saturated carbocycles. The molecule has 0 aliphatic carbocycles. The zero-order chi connectivity index (χ0) is 16.8. The second kappa shape index (κ2) is 8.76. The first-order valence-corrected chi connectivity index (χ1v) is 8.94. The van der Waals surface area contributed by atoms with Crippen LogP contribution < -0.4 is 5.32 Å². The van der Waals surface area contributed by atoms with Crippen molar-refractivity contribution in [1.29, 1.82) is 0 Å². The SMILES string of the molecule is CCCNC(CCC(C)C)C1CCN(C(=O)OC(C)(C)C)C1. The molecule has 0 radical (unpaired) electrons. The summed E-state index contributed by atoms with van der Waals surface area (Å²) in [5, 5.41) is 3.70. The van der Waals surface area contributed by atoms with E-state index < -0.39 is 5.60 Å². The standard InChI is InChI=1S/C18H36N2O2/c1-7-11-19-16(9-8-14(2)3)15-10-12-20(13-15)17(21)22-18(4,5)6/h14-16,19H,7-13H2,1-6H3. The number of hydrogen-bond acceptors (Lipinski definition) is 3. The molecular formula is C18H36N2O2. The number of ether oxygens (including phenoxy) is 1. The first-order valence-electron chi connectivity index (χ1n) is 8.94. The molecule has 4 nitrogen and oxygen atoms in total. The summed E-state index contributed by atoms with van der Waals surface area (Å²) in [6, 6.07) is 0.523. The molecule has 4 heteroatoms. The Hall–Kier alpha value is -0.770. The molecule has 0 aromatic rings. The molecule has 1 amide bonds. The number of nitrogens with one attached hydrogen (secondary N) is 1. The molecule has 1 heterocycles. The summed E-state index contributed by atoms with van der Waals surface area (Å²) in [7, 11) is 0. The Morgan fingerprint density at radius 3 is 2.55 bits per heavy atom. The van der Waals surface area contributed by atoms with Gasteiger partial charge in [-0.25, -0.2) is 4.79 Å². The highest BCUT2D eigenvalue weighted by atomic mass is 16.6. The highest BCUT2D eigenvalue weighted by molar-refractivity contribution is 5.68. The van der Waals surface area contributed by atoms with E-state index in [1.165, 1.54) is 12.8 Å². The summed E-state index contributed by atoms with van der Waals surface area (Å²) >= 11 is 0. The lowest BCUT2D eigenvalue weighted by atomic mass is 9.92. The smallest absolute Gasteiger partial charge is 0.410 e. The van der Waals surface area contributed by atoms with Crippen LogP contribution in [0.1, 0.15) is 67.2 Å². The lowest BCUT2D eigenvalue weighted by Crippen LogP contribution is -2.40. The summed E-state index contributed by atoms with van der Waals surface area (Å²) < 4.78 is 5.50. The Morgan fingerprint density at radius 2 is 2.00 bits per heavy atom. The molecule has 1 saturated heterocycles. The van der Waals surface area contributed by atoms with E-state index in [2.05, 4.69) is 26.1 Å². The summed E-state index contributed by atoms with van der Waals surface area (Å²) in [6.07, 6.45) is 4.52. The van der Waals surface area contributed by atoms with Crippen LogP contribution in [0.25, 0.3) is 0 Å². The van der Waals surface area contributed by atoms with E-state index in [1.807, 2.05) is 25.7 Å². The van der Waals surface area contributed by atoms with Gasteiger partial charge in [-0.05, 0) is 64.8 Å². The number of rotatable bonds is 7. The Labute approximate surface area is 137 Å². The quantitative estimate of drug-likeness (QED) is 0.771. The molecule has 0 aromatic carbocycles. The van der Waals surface area contributed by atoms with Gasteiger partial charge in [0.05, 0.1) is 0 Å². The summed E-state index contributed by atoms with van der Waals surface area (Å²) in [6.45, 7) is 15.2. The van der Waals surface area contributed by atoms with Crippen molar-refractivity contribution in [2.24, 2.45) is 11.8 Å². The molecule has 1 rings (SSSR count). The van der Waals surface area contributed by atoms with Crippen molar-refractivity contribution in [3.8, 4) is 0 Å². The number of carbonyl (C=O) groups is 1. The number of hydrogen-bond donors (Lipinski definition) is 1. The fraction of sp³-hybridized carbons (Fsp3) is 0.944. The van der Waals surface area contributed by atoms with Crippen molar-refractivity contribution in [2.75, 3.05) is 19.6 Å². The maximum atomic E-state index is 12.2. The lowest BCUT2D eigenvalue weighted by molar-refractivity contribution is 0.0285. The van der Waals surface area contributed by atoms with Crippen LogP contribution in [0.5, 0.6) is 0 Å². The third-order valence-electron chi connectivity index (χ3n) is 4.16. The van der Waals surface area contributed by atoms with Gasteiger partial charge in [-0.1, -0.05) is 20.8 Å². The van der Waals surface area contributed by atoms with E-state index in [9.17, 15) is 4.79 Å². The van der Waals surface area contributed by atoms with Crippen LogP contribution in [0.2, 0.25) is 0 Å². The van der Waals surface area contributed by atoms with Crippen molar-refractivity contribution in [2.45, 2.75) is 78.9 Å². The van der Waals surface area contributed by atoms with Gasteiger partial charge in [-0.2, -0.15) is 0 Å². The normalized spacial score (nSPS) is 20.5. The third-order valence-corrected chi connectivity index (χ3v) is 4.16. The molecule has 1 aliphatic rings. The van der Waals surface area contributed by atoms with Crippen LogP contribution in [0.15, 0.2) is 0 Å². The lowest BCUT2D eigenvalue weighted by Gasteiger charge is -2.27. The van der Waals surface area contributed by atoms with E-state index >= 15 is 0 Å². The summed E-state index contributed by atoms with van der Waals surface area (Å²) in [5.74, 6) is 1.28. The van der Waals surface area contributed by atoms with Crippen molar-refractivity contribution >= 4 is 6.09 Å². The van der Waals surface area contributed by atoms with E-state index in [0.29, 0.717) is 12.0 Å². The van der Waals surface area contributed by atoms with Crippen LogP contribution in [0, 0.1) is 11.8 Å². The van der Waals surface area contributed by atoms with Crippen LogP contribution in [0.4, 0.5) is 4.79 Å². The Bertz CT molecular complexity index is 336. The molecule has 1 aliphatic heterocycles. The van der Waals surface area contributed by atoms with Gasteiger partial charge in [-0.15, -0.1) is 0 Å². The Balaban J connectivity index is 2.53. The number of nitrogens with zero attached hydrogens (tertiary/aromatic N) is 1. The van der Waals surface area contributed by atoms with Crippen molar-refractivity contribution in [1.82, 2.24) is 10.2 Å². The largest absolute Gasteiger partial charge is 0.444 e. The maximum Gasteiger partial charge on any atom is 0.410 e. The minimum absolute atomic E-state index is 0.159. The predicted molar refractivity (Wildman–Crippen MR) is 92.1 cm³/mol. The first-order chi connectivity index (χ1) is 10.2. The van der Waals surface area contributed by atoms with E-state index in [-0.39, 0.29) is 6.09 Å². The zero-order valence-electron chi connectivity index (χ0n) is 15.4. The first kappa shape index (κ1) is 19.3. The highest BCUT2D eigenvalue weighted by Gasteiger charge is 2.33. The van der Waals surface area contributed by atoms with Gasteiger partial charge in [0.25, 0.3) is 0 Å². The molecule has 2 atom stereocenters. The van der Waals surface area contributed by atoms with E-state index in [4.69, 9.17) is 4.74 Å². The van der Waals surface area contributed by atoms with E-state index in [1.54, 1.807) is 0 Å². The van der Waals surface area contributed by atoms with E-state index in [0.717, 1.165) is 38.4 Å². The fourth-order valence-electron chi connectivity index (χ4n) is 2.96. The third kappa shape index (κ3) is 6.99. The topological polar surface area (TPSA) is 41.6 Å². The summed E-state index contributed by atoms with van der Waals surface area (Å²) in [4.78, 5) is 14.1. The highest BCUT2D eigenvalue weighted by Crippen LogP contribution is 2.25. The number of amides is 1. The molecular weight excluding hydrogens is 276 g/mol. The Morgan fingerprint density at radius 1 is 1.32 bits per heavy atom. The van der Waals surface area contributed by atoms with Gasteiger partial charge in [-0.3, -0.25) is 0 Å². The molecule has 1 fully saturated rings. The fourth-order valence-corrected chi connectivity index (χ4v) is 2.96. The molecule has 2 unspecified atom stereocenters. The molecule has 22 heavy (non-hydrogen) atoms. The molecule has 1 N–H and O–H groups in total. The minimum atomic E-state index is -0.410. The molecule has 0 bridgehead atoms. The van der Waals surface area contributed by atoms with Crippen molar-refractivity contribution in [3.05, 3.63) is 0 Å². The molecule has 0 aromatic heterocycles.